The molecule has 2 nitrogen and oxygen atoms in total. The summed E-state index contributed by atoms with van der Waals surface area (Å²) in [5, 5.41) is 0.580. The quantitative estimate of drug-likeness (QED) is 0.675. The van der Waals surface area contributed by atoms with Gasteiger partial charge in [0.1, 0.15) is 0 Å². The lowest BCUT2D eigenvalue weighted by atomic mass is 9.68. The van der Waals surface area contributed by atoms with Crippen LogP contribution in [-0.4, -0.2) is 9.55 Å². The van der Waals surface area contributed by atoms with Crippen molar-refractivity contribution in [3.8, 4) is 0 Å². The average molecular weight is 317 g/mol. The zero-order valence-corrected chi connectivity index (χ0v) is 14.7. The van der Waals surface area contributed by atoms with Gasteiger partial charge in [0.15, 0.2) is 0 Å². The van der Waals surface area contributed by atoms with Crippen molar-refractivity contribution in [2.75, 3.05) is 0 Å². The Bertz CT molecular complexity index is 715. The normalized spacial score (nSPS) is 26.4. The van der Waals surface area contributed by atoms with Crippen molar-refractivity contribution in [3.05, 3.63) is 35.6 Å². The molecule has 0 bridgehead atoms. The summed E-state index contributed by atoms with van der Waals surface area (Å²) in [4.78, 5) is 4.54. The van der Waals surface area contributed by atoms with Crippen molar-refractivity contribution >= 4 is 28.3 Å². The molecule has 22 heavy (non-hydrogen) atoms. The number of hydrogen-bond acceptors (Lipinski definition) is 1. The minimum absolute atomic E-state index is 0.142. The Morgan fingerprint density at radius 3 is 2.86 bits per heavy atom. The predicted octanol–water partition coefficient (Wildman–Crippen LogP) is 6.01. The maximum atomic E-state index is 6.52. The van der Waals surface area contributed by atoms with Crippen LogP contribution in [0.2, 0.25) is 5.28 Å². The van der Waals surface area contributed by atoms with Gasteiger partial charge in [-0.1, -0.05) is 58.7 Å². The molecule has 0 N–H and O–H groups in total. The Morgan fingerprint density at radius 2 is 2.14 bits per heavy atom. The third-order valence-corrected chi connectivity index (χ3v) is 6.00. The number of imidazole rings is 1. The van der Waals surface area contributed by atoms with Crippen LogP contribution in [-0.2, 0) is 0 Å². The van der Waals surface area contributed by atoms with Crippen molar-refractivity contribution in [1.29, 1.82) is 0 Å². The zero-order chi connectivity index (χ0) is 15.9. The summed E-state index contributed by atoms with van der Waals surface area (Å²) < 4.78 is 2.17. The Hall–Kier alpha value is -1.28. The molecule has 1 aromatic carbocycles. The highest BCUT2D eigenvalue weighted by Gasteiger charge is 2.44. The van der Waals surface area contributed by atoms with E-state index in [0.29, 0.717) is 17.1 Å². The van der Waals surface area contributed by atoms with Crippen LogP contribution in [0.4, 0.5) is 0 Å². The fraction of sp³-hybridized carbons (Fsp3) is 0.526. The molecule has 2 aromatic rings. The first-order valence-corrected chi connectivity index (χ1v) is 8.71. The second-order valence-corrected chi connectivity index (χ2v) is 7.24. The fourth-order valence-corrected chi connectivity index (χ4v) is 4.31. The van der Waals surface area contributed by atoms with Crippen molar-refractivity contribution in [1.82, 2.24) is 9.55 Å². The highest BCUT2D eigenvalue weighted by Crippen LogP contribution is 2.53. The van der Waals surface area contributed by atoms with Gasteiger partial charge in [-0.05, 0) is 42.0 Å². The van der Waals surface area contributed by atoms with E-state index in [4.69, 9.17) is 11.6 Å². The molecule has 1 heterocycles. The molecule has 3 rings (SSSR count). The molecule has 3 heteroatoms. The van der Waals surface area contributed by atoms with Gasteiger partial charge < -0.3 is 0 Å². The Kier molecular flexibility index (Phi) is 4.07. The monoisotopic (exact) mass is 316 g/mol. The molecule has 1 aliphatic carbocycles. The smallest absolute Gasteiger partial charge is 0.208 e. The van der Waals surface area contributed by atoms with E-state index < -0.39 is 0 Å². The van der Waals surface area contributed by atoms with Crippen LogP contribution in [0.1, 0.15) is 47.0 Å². The molecule has 1 aliphatic rings. The van der Waals surface area contributed by atoms with Gasteiger partial charge in [0.2, 0.25) is 5.28 Å². The molecular weight excluding hydrogens is 292 g/mol. The highest BCUT2D eigenvalue weighted by atomic mass is 35.5. The molecular formula is C19H25ClN2. The molecule has 0 aliphatic heterocycles. The first kappa shape index (κ1) is 15.6. The predicted molar refractivity (Wildman–Crippen MR) is 95.0 cm³/mol. The molecule has 2 unspecified atom stereocenters. The van der Waals surface area contributed by atoms with Crippen LogP contribution in [0.3, 0.4) is 0 Å². The molecule has 0 saturated carbocycles. The minimum Gasteiger partial charge on any atom is -0.287 e. The third kappa shape index (κ3) is 2.20. The zero-order valence-electron chi connectivity index (χ0n) is 13.9. The molecule has 0 spiro atoms. The van der Waals surface area contributed by atoms with Gasteiger partial charge in [0.05, 0.1) is 11.0 Å². The molecule has 0 fully saturated rings. The molecule has 118 valence electrons. The van der Waals surface area contributed by atoms with Gasteiger partial charge >= 0.3 is 0 Å². The van der Waals surface area contributed by atoms with Gasteiger partial charge in [0.25, 0.3) is 0 Å². The number of aromatic nitrogens is 2. The van der Waals surface area contributed by atoms with Gasteiger partial charge in [0, 0.05) is 11.1 Å². The number of nitrogens with zero attached hydrogens (tertiary/aromatic N) is 2. The SMILES string of the molecule is CCCC(C)[C@]1(C)C(n2c(Cl)nc3ccccc32)=CCC1C. The standard InChI is InChI=1S/C19H25ClN2/c1-5-8-13(2)19(4)14(3)11-12-17(19)22-16-10-7-6-9-15(16)21-18(22)20/h6-7,9-10,12-14H,5,8,11H2,1-4H3/t13?,14?,19-/m0/s1. The van der Waals surface area contributed by atoms with Crippen molar-refractivity contribution in [2.24, 2.45) is 17.3 Å². The number of allylic oxidation sites excluding steroid dienone is 2. The summed E-state index contributed by atoms with van der Waals surface area (Å²) in [7, 11) is 0. The summed E-state index contributed by atoms with van der Waals surface area (Å²) in [6, 6.07) is 8.22. The van der Waals surface area contributed by atoms with E-state index in [1.54, 1.807) is 0 Å². The van der Waals surface area contributed by atoms with Crippen LogP contribution in [0.15, 0.2) is 30.3 Å². The van der Waals surface area contributed by atoms with E-state index in [1.165, 1.54) is 18.5 Å². The van der Waals surface area contributed by atoms with E-state index in [1.807, 2.05) is 12.1 Å². The Labute approximate surface area is 138 Å². The lowest BCUT2D eigenvalue weighted by molar-refractivity contribution is 0.189. The van der Waals surface area contributed by atoms with E-state index in [2.05, 4.69) is 55.5 Å². The van der Waals surface area contributed by atoms with E-state index in [0.717, 1.165) is 17.5 Å². The average Bonchev–Trinajstić information content (AvgIpc) is 2.97. The second-order valence-electron chi connectivity index (χ2n) is 6.90. The summed E-state index contributed by atoms with van der Waals surface area (Å²) in [5.74, 6) is 1.25. The minimum atomic E-state index is 0.142. The van der Waals surface area contributed by atoms with Gasteiger partial charge in [-0.25, -0.2) is 4.98 Å². The topological polar surface area (TPSA) is 17.8 Å². The molecule has 0 saturated heterocycles. The van der Waals surface area contributed by atoms with Gasteiger partial charge in [-0.15, -0.1) is 0 Å². The largest absolute Gasteiger partial charge is 0.287 e. The molecule has 0 radical (unpaired) electrons. The summed E-state index contributed by atoms with van der Waals surface area (Å²) in [6.45, 7) is 9.42. The van der Waals surface area contributed by atoms with Crippen LogP contribution in [0.5, 0.6) is 0 Å². The molecule has 1 aromatic heterocycles. The number of fused-ring (bicyclic) bond motifs is 1. The first-order chi connectivity index (χ1) is 10.5. The van der Waals surface area contributed by atoms with E-state index in [9.17, 15) is 0 Å². The van der Waals surface area contributed by atoms with Crippen molar-refractivity contribution in [3.63, 3.8) is 0 Å². The van der Waals surface area contributed by atoms with Crippen LogP contribution < -0.4 is 0 Å². The summed E-state index contributed by atoms with van der Waals surface area (Å²) in [5.41, 5.74) is 3.56. The number of hydrogen-bond donors (Lipinski definition) is 0. The number of benzene rings is 1. The van der Waals surface area contributed by atoms with Gasteiger partial charge in [-0.2, -0.15) is 0 Å². The maximum absolute atomic E-state index is 6.52. The summed E-state index contributed by atoms with van der Waals surface area (Å²) in [6.07, 6.45) is 5.94. The number of rotatable bonds is 4. The van der Waals surface area contributed by atoms with E-state index in [-0.39, 0.29) is 5.41 Å². The first-order valence-electron chi connectivity index (χ1n) is 8.34. The number of halogens is 1. The lowest BCUT2D eigenvalue weighted by Crippen LogP contribution is -2.32. The summed E-state index contributed by atoms with van der Waals surface area (Å²) >= 11 is 6.52. The van der Waals surface area contributed by atoms with Gasteiger partial charge in [-0.3, -0.25) is 4.57 Å². The second kappa shape index (κ2) is 5.73. The highest BCUT2D eigenvalue weighted by molar-refractivity contribution is 6.29. The van der Waals surface area contributed by atoms with Crippen LogP contribution in [0, 0.1) is 17.3 Å². The van der Waals surface area contributed by atoms with Crippen molar-refractivity contribution in [2.45, 2.75) is 47.0 Å². The third-order valence-electron chi connectivity index (χ3n) is 5.75. The van der Waals surface area contributed by atoms with Crippen LogP contribution in [0.25, 0.3) is 16.7 Å². The maximum Gasteiger partial charge on any atom is 0.208 e. The molecule has 3 atom stereocenters. The number of para-hydroxylation sites is 2. The Balaban J connectivity index is 2.15. The lowest BCUT2D eigenvalue weighted by Gasteiger charge is -2.39. The fourth-order valence-electron chi connectivity index (χ4n) is 4.03. The van der Waals surface area contributed by atoms with E-state index >= 15 is 0 Å². The van der Waals surface area contributed by atoms with Crippen LogP contribution >= 0.6 is 11.6 Å². The molecule has 0 amide bonds. The van der Waals surface area contributed by atoms with Crippen molar-refractivity contribution < 1.29 is 0 Å². The Morgan fingerprint density at radius 1 is 1.41 bits per heavy atom.